The number of rotatable bonds is 3. The highest BCUT2D eigenvalue weighted by Crippen LogP contribution is 2.35. The number of carbonyl (C=O) groups excluding carboxylic acids is 2. The van der Waals surface area contributed by atoms with Crippen molar-refractivity contribution in [3.05, 3.63) is 69.0 Å². The average Bonchev–Trinajstić information content (AvgIpc) is 2.56. The fraction of sp³-hybridized carbons (Fsp3) is 0.0588. The van der Waals surface area contributed by atoms with Gasteiger partial charge in [-0.25, -0.2) is 18.0 Å². The molecule has 0 saturated heterocycles. The Labute approximate surface area is 169 Å². The molecule has 0 radical (unpaired) electrons. The van der Waals surface area contributed by atoms with E-state index in [2.05, 4.69) is 5.32 Å². The molecule has 2 N–H and O–H groups in total. The van der Waals surface area contributed by atoms with Gasteiger partial charge in [-0.3, -0.25) is 10.1 Å². The van der Waals surface area contributed by atoms with Crippen molar-refractivity contribution >= 4 is 46.9 Å². The van der Waals surface area contributed by atoms with Crippen molar-refractivity contribution in [3.63, 3.8) is 0 Å². The van der Waals surface area contributed by atoms with E-state index < -0.39 is 56.7 Å². The monoisotopic (exact) mass is 456 g/mol. The molecule has 12 heteroatoms. The van der Waals surface area contributed by atoms with Crippen molar-refractivity contribution in [2.75, 3.05) is 5.32 Å². The molecule has 0 aromatic heterocycles. The van der Waals surface area contributed by atoms with Crippen LogP contribution in [0.1, 0.15) is 15.9 Å². The Morgan fingerprint density at radius 1 is 1.00 bits per heavy atom. The molecule has 2 aromatic carbocycles. The minimum atomic E-state index is -5.24. The van der Waals surface area contributed by atoms with Gasteiger partial charge in [0.15, 0.2) is 0 Å². The summed E-state index contributed by atoms with van der Waals surface area (Å²) in [5, 5.41) is 2.82. The second-order valence-electron chi connectivity index (χ2n) is 5.35. The van der Waals surface area contributed by atoms with Crippen LogP contribution < -0.4 is 10.6 Å². The van der Waals surface area contributed by atoms with Crippen molar-refractivity contribution in [1.82, 2.24) is 5.32 Å². The molecule has 2 aromatic rings. The SMILES string of the molecule is O=C(NC(=O)c1c(F)cccc1F)Nc1cc(Cl)c(C=C(F)C(F)(F)F)c(Cl)c1. The molecule has 0 aliphatic rings. The van der Waals surface area contributed by atoms with Crippen LogP contribution in [0.2, 0.25) is 10.0 Å². The molecule has 0 aliphatic carbocycles. The molecule has 29 heavy (non-hydrogen) atoms. The number of hydrogen-bond acceptors (Lipinski definition) is 2. The Bertz CT molecular complexity index is 965. The minimum absolute atomic E-state index is 0.0685. The number of anilines is 1. The maximum absolute atomic E-state index is 13.5. The zero-order valence-corrected chi connectivity index (χ0v) is 15.3. The lowest BCUT2D eigenvalue weighted by Crippen LogP contribution is -2.35. The highest BCUT2D eigenvalue weighted by molar-refractivity contribution is 6.37. The number of hydrogen-bond donors (Lipinski definition) is 2. The summed E-state index contributed by atoms with van der Waals surface area (Å²) in [6.45, 7) is 0. The molecule has 2 rings (SSSR count). The van der Waals surface area contributed by atoms with Crippen LogP contribution in [-0.2, 0) is 0 Å². The number of allylic oxidation sites excluding steroid dienone is 1. The molecule has 0 atom stereocenters. The Hall–Kier alpha value is -2.72. The van der Waals surface area contributed by atoms with E-state index in [9.17, 15) is 35.9 Å². The number of halogens is 8. The number of benzene rings is 2. The van der Waals surface area contributed by atoms with Gasteiger partial charge in [-0.05, 0) is 30.3 Å². The fourth-order valence-corrected chi connectivity index (χ4v) is 2.64. The number of imide groups is 1. The predicted molar refractivity (Wildman–Crippen MR) is 94.4 cm³/mol. The van der Waals surface area contributed by atoms with Gasteiger partial charge in [-0.15, -0.1) is 0 Å². The van der Waals surface area contributed by atoms with Gasteiger partial charge in [0.25, 0.3) is 5.91 Å². The van der Waals surface area contributed by atoms with Crippen LogP contribution in [0.3, 0.4) is 0 Å². The number of alkyl halides is 3. The molecule has 0 aliphatic heterocycles. The maximum Gasteiger partial charge on any atom is 0.442 e. The standard InChI is InChI=1S/C17H8Cl2F6N2O2/c18-9-4-7(5-10(19)8(9)6-13(22)17(23,24)25)26-16(29)27-15(28)14-11(20)2-1-3-12(14)21/h1-6H,(H2,26,27,28,29). The molecule has 0 fully saturated rings. The second kappa shape index (κ2) is 8.75. The van der Waals surface area contributed by atoms with E-state index in [4.69, 9.17) is 23.2 Å². The molecule has 4 nitrogen and oxygen atoms in total. The third-order valence-electron chi connectivity index (χ3n) is 3.30. The summed E-state index contributed by atoms with van der Waals surface area (Å²) in [7, 11) is 0. The van der Waals surface area contributed by atoms with E-state index in [0.29, 0.717) is 0 Å². The molecule has 0 spiro atoms. The largest absolute Gasteiger partial charge is 0.442 e. The predicted octanol–water partition coefficient (Wildman–Crippen LogP) is 6.11. The number of carbonyl (C=O) groups is 2. The molecule has 0 unspecified atom stereocenters. The van der Waals surface area contributed by atoms with Crippen LogP contribution in [0, 0.1) is 11.6 Å². The highest BCUT2D eigenvalue weighted by atomic mass is 35.5. The quantitative estimate of drug-likeness (QED) is 0.547. The zero-order valence-electron chi connectivity index (χ0n) is 13.8. The Balaban J connectivity index is 2.18. The Morgan fingerprint density at radius 2 is 1.52 bits per heavy atom. The Morgan fingerprint density at radius 3 is 2.00 bits per heavy atom. The summed E-state index contributed by atoms with van der Waals surface area (Å²) in [6, 6.07) is 3.24. The Kier molecular flexibility index (Phi) is 6.81. The topological polar surface area (TPSA) is 58.2 Å². The number of nitrogens with one attached hydrogen (secondary N) is 2. The first kappa shape index (κ1) is 22.6. The first-order chi connectivity index (χ1) is 13.4. The van der Waals surface area contributed by atoms with E-state index in [-0.39, 0.29) is 11.8 Å². The summed E-state index contributed by atoms with van der Waals surface area (Å²) >= 11 is 11.5. The lowest BCUT2D eigenvalue weighted by molar-refractivity contribution is -0.107. The lowest BCUT2D eigenvalue weighted by atomic mass is 10.1. The van der Waals surface area contributed by atoms with Gasteiger partial charge in [0.2, 0.25) is 5.83 Å². The third kappa shape index (κ3) is 5.64. The lowest BCUT2D eigenvalue weighted by Gasteiger charge is -2.11. The van der Waals surface area contributed by atoms with E-state index in [1.165, 1.54) is 0 Å². The average molecular weight is 457 g/mol. The number of amides is 3. The van der Waals surface area contributed by atoms with Gasteiger partial charge >= 0.3 is 12.2 Å². The van der Waals surface area contributed by atoms with Crippen molar-refractivity contribution in [2.45, 2.75) is 6.18 Å². The third-order valence-corrected chi connectivity index (χ3v) is 3.92. The van der Waals surface area contributed by atoms with Crippen LogP contribution in [0.15, 0.2) is 36.2 Å². The zero-order chi connectivity index (χ0) is 21.9. The van der Waals surface area contributed by atoms with E-state index in [0.717, 1.165) is 30.3 Å². The summed E-state index contributed by atoms with van der Waals surface area (Å²) in [5.41, 5.74) is -1.69. The molecule has 0 bridgehead atoms. The first-order valence-corrected chi connectivity index (χ1v) is 8.15. The van der Waals surface area contributed by atoms with Gasteiger partial charge in [0, 0.05) is 11.3 Å². The first-order valence-electron chi connectivity index (χ1n) is 7.40. The minimum Gasteiger partial charge on any atom is -0.308 e. The highest BCUT2D eigenvalue weighted by Gasteiger charge is 2.34. The van der Waals surface area contributed by atoms with Crippen molar-refractivity contribution in [2.24, 2.45) is 0 Å². The molecule has 0 saturated carbocycles. The summed E-state index contributed by atoms with van der Waals surface area (Å²) in [4.78, 5) is 23.7. The van der Waals surface area contributed by atoms with Gasteiger partial charge in [-0.2, -0.15) is 13.2 Å². The van der Waals surface area contributed by atoms with Crippen LogP contribution in [0.4, 0.5) is 36.8 Å². The van der Waals surface area contributed by atoms with Crippen molar-refractivity contribution in [1.29, 1.82) is 0 Å². The summed E-state index contributed by atoms with van der Waals surface area (Å²) in [6.07, 6.45) is -5.18. The van der Waals surface area contributed by atoms with Gasteiger partial charge in [-0.1, -0.05) is 29.3 Å². The second-order valence-corrected chi connectivity index (χ2v) is 6.16. The van der Waals surface area contributed by atoms with Crippen LogP contribution in [-0.4, -0.2) is 18.1 Å². The van der Waals surface area contributed by atoms with Crippen LogP contribution >= 0.6 is 23.2 Å². The molecular weight excluding hydrogens is 449 g/mol. The van der Waals surface area contributed by atoms with Gasteiger partial charge in [0.1, 0.15) is 17.2 Å². The molecule has 154 valence electrons. The molecular formula is C17H8Cl2F6N2O2. The van der Waals surface area contributed by atoms with Gasteiger partial charge in [0.05, 0.1) is 10.0 Å². The summed E-state index contributed by atoms with van der Waals surface area (Å²) < 4.78 is 77.0. The normalized spacial score (nSPS) is 11.9. The van der Waals surface area contributed by atoms with Crippen LogP contribution in [0.25, 0.3) is 6.08 Å². The maximum atomic E-state index is 13.5. The molecule has 3 amide bonds. The van der Waals surface area contributed by atoms with E-state index in [1.54, 1.807) is 5.32 Å². The van der Waals surface area contributed by atoms with Crippen molar-refractivity contribution in [3.8, 4) is 0 Å². The van der Waals surface area contributed by atoms with Crippen molar-refractivity contribution < 1.29 is 35.9 Å². The smallest absolute Gasteiger partial charge is 0.308 e. The van der Waals surface area contributed by atoms with Crippen LogP contribution in [0.5, 0.6) is 0 Å². The van der Waals surface area contributed by atoms with E-state index >= 15 is 0 Å². The van der Waals surface area contributed by atoms with Gasteiger partial charge < -0.3 is 5.32 Å². The van der Waals surface area contributed by atoms with E-state index in [1.807, 2.05) is 0 Å². The fourth-order valence-electron chi connectivity index (χ4n) is 2.05. The summed E-state index contributed by atoms with van der Waals surface area (Å²) in [5.74, 6) is -6.24. The number of urea groups is 1. The molecule has 0 heterocycles.